The molecule has 0 N–H and O–H groups in total. The van der Waals surface area contributed by atoms with Crippen molar-refractivity contribution in [2.75, 3.05) is 13.2 Å². The van der Waals surface area contributed by atoms with Crippen LogP contribution in [0, 0.1) is 0 Å². The highest BCUT2D eigenvalue weighted by atomic mass is 32.1. The molecule has 1 aliphatic heterocycles. The lowest BCUT2D eigenvalue weighted by atomic mass is 10.2. The average molecular weight is 234 g/mol. The Bertz CT molecular complexity index is 528. The largest absolute Gasteiger partial charge is 0.486 e. The minimum Gasteiger partial charge on any atom is -0.486 e. The van der Waals surface area contributed by atoms with E-state index in [1.54, 1.807) is 6.92 Å². The Morgan fingerprint density at radius 2 is 1.88 bits per heavy atom. The van der Waals surface area contributed by atoms with E-state index in [4.69, 9.17) is 9.47 Å². The maximum absolute atomic E-state index is 11.3. The first kappa shape index (κ1) is 9.66. The van der Waals surface area contributed by atoms with Crippen molar-refractivity contribution in [1.29, 1.82) is 0 Å². The molecule has 0 spiro atoms. The standard InChI is InChI=1S/C12H10O3S/c1-7(13)11-5-8-4-9-10(6-12(8)16-11)15-3-2-14-9/h4-6H,2-3H2,1H3. The van der Waals surface area contributed by atoms with Crippen LogP contribution in [0.25, 0.3) is 10.1 Å². The number of benzene rings is 1. The lowest BCUT2D eigenvalue weighted by Crippen LogP contribution is -2.14. The lowest BCUT2D eigenvalue weighted by Gasteiger charge is -2.17. The molecule has 1 aromatic carbocycles. The zero-order valence-electron chi connectivity index (χ0n) is 8.78. The Balaban J connectivity index is 2.20. The van der Waals surface area contributed by atoms with Gasteiger partial charge in [0.25, 0.3) is 0 Å². The number of thiophene rings is 1. The second-order valence-electron chi connectivity index (χ2n) is 3.70. The molecule has 0 fully saturated rings. The van der Waals surface area contributed by atoms with Crippen LogP contribution in [0.5, 0.6) is 11.5 Å². The van der Waals surface area contributed by atoms with Crippen molar-refractivity contribution in [3.8, 4) is 11.5 Å². The minimum atomic E-state index is 0.0982. The van der Waals surface area contributed by atoms with Gasteiger partial charge in [-0.1, -0.05) is 0 Å². The molecule has 3 nitrogen and oxygen atoms in total. The molecular formula is C12H10O3S. The van der Waals surface area contributed by atoms with Crippen LogP contribution in [-0.4, -0.2) is 19.0 Å². The Morgan fingerprint density at radius 3 is 2.56 bits per heavy atom. The first-order valence-corrected chi connectivity index (χ1v) is 5.90. The Labute approximate surface area is 96.6 Å². The van der Waals surface area contributed by atoms with Crippen molar-refractivity contribution in [3.63, 3.8) is 0 Å². The van der Waals surface area contributed by atoms with E-state index < -0.39 is 0 Å². The third kappa shape index (κ3) is 1.46. The number of carbonyl (C=O) groups excluding carboxylic acids is 1. The van der Waals surface area contributed by atoms with E-state index in [-0.39, 0.29) is 5.78 Å². The fourth-order valence-corrected chi connectivity index (χ4v) is 2.72. The number of carbonyl (C=O) groups is 1. The zero-order valence-corrected chi connectivity index (χ0v) is 9.60. The van der Waals surface area contributed by atoms with E-state index in [0.717, 1.165) is 26.5 Å². The van der Waals surface area contributed by atoms with Gasteiger partial charge in [-0.3, -0.25) is 4.79 Å². The zero-order chi connectivity index (χ0) is 11.1. The molecule has 0 atom stereocenters. The van der Waals surface area contributed by atoms with E-state index in [2.05, 4.69) is 0 Å². The molecule has 82 valence electrons. The van der Waals surface area contributed by atoms with Gasteiger partial charge in [0, 0.05) is 10.8 Å². The minimum absolute atomic E-state index is 0.0982. The summed E-state index contributed by atoms with van der Waals surface area (Å²) in [6.07, 6.45) is 0. The van der Waals surface area contributed by atoms with Gasteiger partial charge >= 0.3 is 0 Å². The Morgan fingerprint density at radius 1 is 1.19 bits per heavy atom. The van der Waals surface area contributed by atoms with E-state index in [0.29, 0.717) is 13.2 Å². The van der Waals surface area contributed by atoms with Gasteiger partial charge in [0.15, 0.2) is 17.3 Å². The second kappa shape index (κ2) is 3.49. The number of ether oxygens (including phenoxy) is 2. The summed E-state index contributed by atoms with van der Waals surface area (Å²) in [6.45, 7) is 2.75. The van der Waals surface area contributed by atoms with Crippen molar-refractivity contribution < 1.29 is 14.3 Å². The van der Waals surface area contributed by atoms with Gasteiger partial charge in [-0.15, -0.1) is 11.3 Å². The number of fused-ring (bicyclic) bond motifs is 2. The first-order chi connectivity index (χ1) is 7.74. The van der Waals surface area contributed by atoms with Crippen LogP contribution in [-0.2, 0) is 0 Å². The molecular weight excluding hydrogens is 224 g/mol. The molecule has 0 radical (unpaired) electrons. The van der Waals surface area contributed by atoms with E-state index in [1.807, 2.05) is 18.2 Å². The molecule has 0 aliphatic carbocycles. The van der Waals surface area contributed by atoms with Gasteiger partial charge in [0.2, 0.25) is 0 Å². The number of hydrogen-bond donors (Lipinski definition) is 0. The maximum atomic E-state index is 11.3. The molecule has 0 unspecified atom stereocenters. The molecule has 3 rings (SSSR count). The number of Topliss-reactive ketones (excluding diaryl/α,β-unsaturated/α-hetero) is 1. The van der Waals surface area contributed by atoms with E-state index in [9.17, 15) is 4.79 Å². The van der Waals surface area contributed by atoms with Crippen molar-refractivity contribution in [2.24, 2.45) is 0 Å². The highest BCUT2D eigenvalue weighted by molar-refractivity contribution is 7.20. The third-order valence-electron chi connectivity index (χ3n) is 2.53. The van der Waals surface area contributed by atoms with Crippen molar-refractivity contribution >= 4 is 27.2 Å². The van der Waals surface area contributed by atoms with Gasteiger partial charge < -0.3 is 9.47 Å². The smallest absolute Gasteiger partial charge is 0.169 e. The fraction of sp³-hybridized carbons (Fsp3) is 0.250. The predicted molar refractivity (Wildman–Crippen MR) is 62.8 cm³/mol. The molecule has 2 aromatic rings. The van der Waals surface area contributed by atoms with Gasteiger partial charge in [-0.2, -0.15) is 0 Å². The van der Waals surface area contributed by atoms with Crippen molar-refractivity contribution in [3.05, 3.63) is 23.1 Å². The normalized spacial score (nSPS) is 14.1. The van der Waals surface area contributed by atoms with Crippen LogP contribution in [0.4, 0.5) is 0 Å². The highest BCUT2D eigenvalue weighted by Crippen LogP contribution is 2.38. The van der Waals surface area contributed by atoms with E-state index >= 15 is 0 Å². The fourth-order valence-electron chi connectivity index (χ4n) is 1.75. The molecule has 0 amide bonds. The van der Waals surface area contributed by atoms with Gasteiger partial charge in [-0.05, 0) is 24.4 Å². The van der Waals surface area contributed by atoms with E-state index in [1.165, 1.54) is 11.3 Å². The summed E-state index contributed by atoms with van der Waals surface area (Å²) in [5.41, 5.74) is 0. The Kier molecular flexibility index (Phi) is 2.11. The molecule has 1 aliphatic rings. The Hall–Kier alpha value is -1.55. The quantitative estimate of drug-likeness (QED) is 0.712. The number of rotatable bonds is 1. The molecule has 16 heavy (non-hydrogen) atoms. The van der Waals surface area contributed by atoms with Gasteiger partial charge in [0.05, 0.1) is 4.88 Å². The van der Waals surface area contributed by atoms with Crippen LogP contribution < -0.4 is 9.47 Å². The lowest BCUT2D eigenvalue weighted by molar-refractivity contribution is 0.102. The topological polar surface area (TPSA) is 35.5 Å². The summed E-state index contributed by atoms with van der Waals surface area (Å²) in [5, 5.41) is 1.04. The van der Waals surface area contributed by atoms with Crippen LogP contribution in [0.3, 0.4) is 0 Å². The molecule has 0 saturated carbocycles. The summed E-state index contributed by atoms with van der Waals surface area (Å²) >= 11 is 1.49. The molecule has 2 heterocycles. The average Bonchev–Trinajstić information content (AvgIpc) is 2.68. The van der Waals surface area contributed by atoms with Crippen molar-refractivity contribution in [1.82, 2.24) is 0 Å². The van der Waals surface area contributed by atoms with Crippen LogP contribution in [0.2, 0.25) is 0 Å². The molecule has 4 heteroatoms. The van der Waals surface area contributed by atoms with Crippen LogP contribution in [0.15, 0.2) is 18.2 Å². The summed E-state index contributed by atoms with van der Waals surface area (Å²) in [7, 11) is 0. The first-order valence-electron chi connectivity index (χ1n) is 5.08. The second-order valence-corrected chi connectivity index (χ2v) is 4.78. The SMILES string of the molecule is CC(=O)c1cc2cc3c(cc2s1)OCCO3. The predicted octanol–water partition coefficient (Wildman–Crippen LogP) is 2.88. The summed E-state index contributed by atoms with van der Waals surface area (Å²) in [4.78, 5) is 12.1. The monoisotopic (exact) mass is 234 g/mol. The van der Waals surface area contributed by atoms with Crippen LogP contribution in [0.1, 0.15) is 16.6 Å². The third-order valence-corrected chi connectivity index (χ3v) is 3.73. The molecule has 1 aromatic heterocycles. The number of hydrogen-bond acceptors (Lipinski definition) is 4. The van der Waals surface area contributed by atoms with Crippen LogP contribution >= 0.6 is 11.3 Å². The summed E-state index contributed by atoms with van der Waals surface area (Å²) in [5.74, 6) is 1.64. The molecule has 0 bridgehead atoms. The summed E-state index contributed by atoms with van der Waals surface area (Å²) < 4.78 is 12.1. The number of ketones is 1. The van der Waals surface area contributed by atoms with Gasteiger partial charge in [-0.25, -0.2) is 0 Å². The maximum Gasteiger partial charge on any atom is 0.169 e. The van der Waals surface area contributed by atoms with Crippen molar-refractivity contribution in [2.45, 2.75) is 6.92 Å². The molecule has 0 saturated heterocycles. The van der Waals surface area contributed by atoms with Gasteiger partial charge in [0.1, 0.15) is 13.2 Å². The highest BCUT2D eigenvalue weighted by Gasteiger charge is 2.14. The summed E-state index contributed by atoms with van der Waals surface area (Å²) in [6, 6.07) is 5.79.